The molecule has 0 unspecified atom stereocenters. The van der Waals surface area contributed by atoms with Gasteiger partial charge in [0.05, 0.1) is 26.4 Å². The summed E-state index contributed by atoms with van der Waals surface area (Å²) in [6.07, 6.45) is 8.75. The number of benzene rings is 4. The quantitative estimate of drug-likeness (QED) is 0.107. The Hall–Kier alpha value is -6.88. The van der Waals surface area contributed by atoms with Gasteiger partial charge in [-0.05, 0) is 99.9 Å². The van der Waals surface area contributed by atoms with E-state index in [-0.39, 0.29) is 47.5 Å². The molecule has 0 saturated carbocycles. The number of aromatic hydroxyl groups is 1. The van der Waals surface area contributed by atoms with Crippen LogP contribution in [0.4, 0.5) is 0 Å². The van der Waals surface area contributed by atoms with Crippen molar-refractivity contribution in [3.05, 3.63) is 155 Å². The molecule has 7 rings (SSSR count). The largest absolute Gasteiger partial charge is 0.507 e. The summed E-state index contributed by atoms with van der Waals surface area (Å²) in [5, 5.41) is 31.0. The Kier molecular flexibility index (Phi) is 19.3. The minimum atomic E-state index is -1.60. The van der Waals surface area contributed by atoms with Gasteiger partial charge in [-0.1, -0.05) is 97.1 Å². The maximum Gasteiger partial charge on any atom is 0.342 e. The Morgan fingerprint density at radius 2 is 1.15 bits per heavy atom. The first kappa shape index (κ1) is 54.5. The molecule has 3 aliphatic rings. The predicted molar refractivity (Wildman–Crippen MR) is 269 cm³/mol. The number of esters is 2. The second-order valence-corrected chi connectivity index (χ2v) is 18.1. The molecular formula is C57H64O15. The third-order valence-electron chi connectivity index (χ3n) is 12.3. The highest BCUT2D eigenvalue weighted by atomic mass is 16.8. The molecule has 0 amide bonds. The van der Waals surface area contributed by atoms with Crippen molar-refractivity contribution in [2.24, 2.45) is 11.8 Å². The first-order chi connectivity index (χ1) is 34.5. The van der Waals surface area contributed by atoms with Crippen LogP contribution >= 0.6 is 0 Å². The molecule has 3 aliphatic heterocycles. The van der Waals surface area contributed by atoms with Crippen molar-refractivity contribution >= 4 is 35.7 Å². The highest BCUT2D eigenvalue weighted by Gasteiger charge is 2.44. The number of ketones is 2. The van der Waals surface area contributed by atoms with Crippen LogP contribution in [0.25, 0.3) is 12.2 Å². The fraction of sp³-hybridized carbons (Fsp3) is 0.368. The monoisotopic (exact) mass is 988 g/mol. The second-order valence-electron chi connectivity index (χ2n) is 18.1. The Labute approximate surface area is 420 Å². The van der Waals surface area contributed by atoms with Gasteiger partial charge >= 0.3 is 11.9 Å². The normalized spacial score (nSPS) is 26.2. The maximum absolute atomic E-state index is 13.6. The summed E-state index contributed by atoms with van der Waals surface area (Å²) in [6.45, 7) is 7.05. The van der Waals surface area contributed by atoms with Crippen LogP contribution in [0.1, 0.15) is 83.5 Å². The number of rotatable bonds is 9. The molecule has 1 fully saturated rings. The molecule has 0 spiro atoms. The van der Waals surface area contributed by atoms with Crippen molar-refractivity contribution in [3.8, 4) is 23.0 Å². The molecular weight excluding hydrogens is 925 g/mol. The molecule has 0 aliphatic carbocycles. The van der Waals surface area contributed by atoms with Crippen LogP contribution in [0, 0.1) is 11.8 Å². The van der Waals surface area contributed by atoms with Crippen LogP contribution in [0.2, 0.25) is 0 Å². The van der Waals surface area contributed by atoms with Gasteiger partial charge in [0.25, 0.3) is 0 Å². The van der Waals surface area contributed by atoms with Crippen LogP contribution < -0.4 is 14.2 Å². The van der Waals surface area contributed by atoms with Gasteiger partial charge in [-0.2, -0.15) is 0 Å². The van der Waals surface area contributed by atoms with E-state index in [0.29, 0.717) is 41.9 Å². The van der Waals surface area contributed by atoms with E-state index < -0.39 is 66.1 Å². The molecule has 4 aromatic rings. The molecule has 4 aromatic carbocycles. The van der Waals surface area contributed by atoms with Gasteiger partial charge in [0.1, 0.15) is 58.5 Å². The highest BCUT2D eigenvalue weighted by molar-refractivity contribution is 5.98. The lowest BCUT2D eigenvalue weighted by atomic mass is 9.93. The molecule has 382 valence electrons. The molecule has 0 radical (unpaired) electrons. The lowest BCUT2D eigenvalue weighted by Gasteiger charge is -2.23. The lowest BCUT2D eigenvalue weighted by molar-refractivity contribution is -0.152. The number of ether oxygens (including phenoxy) is 8. The van der Waals surface area contributed by atoms with Gasteiger partial charge in [-0.25, -0.2) is 9.59 Å². The topological polar surface area (TPSA) is 203 Å². The fourth-order valence-electron chi connectivity index (χ4n) is 8.45. The molecule has 3 heterocycles. The third kappa shape index (κ3) is 14.6. The summed E-state index contributed by atoms with van der Waals surface area (Å²) >= 11 is 0. The van der Waals surface area contributed by atoms with Gasteiger partial charge in [0.15, 0.2) is 24.1 Å². The summed E-state index contributed by atoms with van der Waals surface area (Å²) in [5.74, 6) is -2.86. The molecule has 0 bridgehead atoms. The van der Waals surface area contributed by atoms with E-state index in [0.717, 1.165) is 11.1 Å². The zero-order valence-corrected chi connectivity index (χ0v) is 41.6. The van der Waals surface area contributed by atoms with E-state index in [4.69, 9.17) is 37.9 Å². The Balaban J connectivity index is 0.000000239. The van der Waals surface area contributed by atoms with Crippen LogP contribution in [0.15, 0.2) is 121 Å². The highest BCUT2D eigenvalue weighted by Crippen LogP contribution is 2.36. The molecule has 1 saturated heterocycles. The summed E-state index contributed by atoms with van der Waals surface area (Å²) < 4.78 is 45.2. The van der Waals surface area contributed by atoms with Crippen LogP contribution in [-0.4, -0.2) is 109 Å². The number of fused-ring (bicyclic) bond motifs is 3. The standard InChI is InChI=1S/C31H36O8.C26H28O7/c1-20-22(16-21-10-7-6-8-11-21)14-15-25(32)29-26(38-31(2,3)39-29)13-9-12-23-17-24(35-5)18-27(36-19-34-4)28(23)30(33)37-20;1-16-18(13-17-7-4-3-5-8-17)11-12-22(28)25(30)21(27)10-6-9-19-14-20(32-2)15-23(29)24(19)26(31)33-16/h6-12,14-15,17-18,20,22,26,29H,13,16,19H2,1-5H3;3-9,11-12,14-16,18,21,25,27,29-30H,10,13H2,1-2H3/b12-9+,15-14-;9-6+,12-11-/t20-,22+,26-,29+;16-,18+,21-,25-/m00/s1. The zero-order chi connectivity index (χ0) is 52.0. The first-order valence-electron chi connectivity index (χ1n) is 23.7. The van der Waals surface area contributed by atoms with Crippen molar-refractivity contribution in [1.29, 1.82) is 0 Å². The van der Waals surface area contributed by atoms with Crippen molar-refractivity contribution in [2.45, 2.75) is 95.8 Å². The SMILES string of the molecule is COCOc1cc(OC)cc2c1C(=O)O[C@@H](C)[C@@H](Cc1ccccc1)/C=C\C(=O)[C@H]1OC(C)(C)O[C@H]1C/C=C/2.COc1cc(O)c2c(c1)/C=C/C[C@H](O)[C@H](O)C(=O)/C=C\[C@H](Cc1ccccc1)[C@H](C)OC2=O. The molecule has 3 N–H and O–H groups in total. The Bertz CT molecular complexity index is 2620. The summed E-state index contributed by atoms with van der Waals surface area (Å²) in [7, 11) is 4.47. The third-order valence-corrected chi connectivity index (χ3v) is 12.3. The van der Waals surface area contributed by atoms with Crippen molar-refractivity contribution in [3.63, 3.8) is 0 Å². The van der Waals surface area contributed by atoms with Gasteiger partial charge in [0, 0.05) is 31.1 Å². The van der Waals surface area contributed by atoms with Crippen LogP contribution in [0.5, 0.6) is 23.0 Å². The molecule has 72 heavy (non-hydrogen) atoms. The number of aliphatic hydroxyl groups excluding tert-OH is 2. The Morgan fingerprint density at radius 1 is 0.639 bits per heavy atom. The van der Waals surface area contributed by atoms with Crippen LogP contribution in [-0.2, 0) is 46.1 Å². The van der Waals surface area contributed by atoms with Gasteiger partial charge in [0.2, 0.25) is 0 Å². The lowest BCUT2D eigenvalue weighted by Crippen LogP contribution is -2.33. The number of phenols is 1. The van der Waals surface area contributed by atoms with E-state index in [1.165, 1.54) is 51.7 Å². The van der Waals surface area contributed by atoms with Crippen molar-refractivity contribution < 1.29 is 72.4 Å². The number of aliphatic hydroxyl groups is 2. The van der Waals surface area contributed by atoms with Crippen molar-refractivity contribution in [2.75, 3.05) is 28.1 Å². The molecule has 0 aromatic heterocycles. The number of hydrogen-bond acceptors (Lipinski definition) is 15. The summed E-state index contributed by atoms with van der Waals surface area (Å²) in [6, 6.07) is 25.6. The zero-order valence-electron chi connectivity index (χ0n) is 41.6. The van der Waals surface area contributed by atoms with Crippen molar-refractivity contribution in [1.82, 2.24) is 0 Å². The second kappa shape index (κ2) is 25.5. The minimum absolute atomic E-state index is 0.0375. The smallest absolute Gasteiger partial charge is 0.342 e. The predicted octanol–water partition coefficient (Wildman–Crippen LogP) is 8.21. The number of phenolic OH excluding ortho intramolecular Hbond substituents is 1. The molecule has 15 nitrogen and oxygen atoms in total. The van der Waals surface area contributed by atoms with Gasteiger partial charge in [-0.3, -0.25) is 9.59 Å². The number of carbonyl (C=O) groups excluding carboxylic acids is 4. The van der Waals surface area contributed by atoms with Crippen LogP contribution in [0.3, 0.4) is 0 Å². The average molecular weight is 989 g/mol. The number of carbonyl (C=O) groups is 4. The van der Waals surface area contributed by atoms with E-state index in [9.17, 15) is 34.5 Å². The van der Waals surface area contributed by atoms with E-state index in [1.54, 1.807) is 57.2 Å². The number of methoxy groups -OCH3 is 3. The summed E-state index contributed by atoms with van der Waals surface area (Å²) in [4.78, 5) is 52.4. The first-order valence-corrected chi connectivity index (χ1v) is 23.7. The minimum Gasteiger partial charge on any atom is -0.507 e. The average Bonchev–Trinajstić information content (AvgIpc) is 3.68. The van der Waals surface area contributed by atoms with E-state index in [1.807, 2.05) is 73.7 Å². The fourth-order valence-corrected chi connectivity index (χ4v) is 8.45. The Morgan fingerprint density at radius 3 is 1.71 bits per heavy atom. The summed E-state index contributed by atoms with van der Waals surface area (Å²) in [5.41, 5.74) is 3.12. The number of cyclic esters (lactones) is 2. The van der Waals surface area contributed by atoms with Gasteiger partial charge < -0.3 is 53.2 Å². The van der Waals surface area contributed by atoms with Gasteiger partial charge in [-0.15, -0.1) is 0 Å². The molecule has 8 atom stereocenters. The van der Waals surface area contributed by atoms with E-state index >= 15 is 0 Å². The van der Waals surface area contributed by atoms with E-state index in [2.05, 4.69) is 0 Å². The number of hydrogen-bond donors (Lipinski definition) is 3. The molecule has 15 heteroatoms. The maximum atomic E-state index is 13.6.